The summed E-state index contributed by atoms with van der Waals surface area (Å²) in [5.74, 6) is -0.563. The van der Waals surface area contributed by atoms with Crippen LogP contribution >= 0.6 is 23.2 Å². The molecule has 0 radical (unpaired) electrons. The second-order valence-corrected chi connectivity index (χ2v) is 6.10. The van der Waals surface area contributed by atoms with Gasteiger partial charge in [0.2, 0.25) is 0 Å². The minimum Gasteiger partial charge on any atom is -0.447 e. The molecule has 0 aliphatic carbocycles. The molecule has 0 amide bonds. The van der Waals surface area contributed by atoms with Crippen molar-refractivity contribution in [2.24, 2.45) is 0 Å². The largest absolute Gasteiger partial charge is 0.447 e. The van der Waals surface area contributed by atoms with Crippen LogP contribution in [0.25, 0.3) is 0 Å². The molecule has 2 rings (SSSR count). The Hall–Kier alpha value is -0.990. The first-order chi connectivity index (χ1) is 8.30. The fraction of sp³-hybridized carbons (Fsp3) is 0.357. The quantitative estimate of drug-likeness (QED) is 0.720. The monoisotopic (exact) mass is 284 g/mol. The second kappa shape index (κ2) is 4.60. The highest BCUT2D eigenvalue weighted by atomic mass is 35.5. The van der Waals surface area contributed by atoms with Gasteiger partial charge in [0.15, 0.2) is 6.10 Å². The summed E-state index contributed by atoms with van der Waals surface area (Å²) >= 11 is 11.7. The van der Waals surface area contributed by atoms with Crippen LogP contribution in [0.1, 0.15) is 38.0 Å². The molecular formula is C14H14Cl2O2. The lowest BCUT2D eigenvalue weighted by atomic mass is 9.86. The molecule has 2 nitrogen and oxygen atoms in total. The molecular weight excluding hydrogens is 271 g/mol. The second-order valence-electron chi connectivity index (χ2n) is 5.32. The van der Waals surface area contributed by atoms with Crippen LogP contribution in [0.5, 0.6) is 0 Å². The molecule has 1 unspecified atom stereocenters. The number of carbonyl (C=O) groups excluding carboxylic acids is 1. The van der Waals surface area contributed by atoms with Gasteiger partial charge in [0.1, 0.15) is 5.03 Å². The number of ether oxygens (including phenoxy) is 1. The van der Waals surface area contributed by atoms with Crippen LogP contribution in [0, 0.1) is 0 Å². The van der Waals surface area contributed by atoms with Crippen LogP contribution in [-0.2, 0) is 14.9 Å². The van der Waals surface area contributed by atoms with E-state index in [1.165, 1.54) is 5.56 Å². The Morgan fingerprint density at radius 3 is 2.06 bits per heavy atom. The van der Waals surface area contributed by atoms with E-state index in [-0.39, 0.29) is 15.5 Å². The Kier molecular flexibility index (Phi) is 3.43. The highest BCUT2D eigenvalue weighted by Gasteiger charge is 2.33. The van der Waals surface area contributed by atoms with Crippen molar-refractivity contribution < 1.29 is 9.53 Å². The number of carbonyl (C=O) groups is 1. The van der Waals surface area contributed by atoms with Crippen molar-refractivity contribution in [3.8, 4) is 0 Å². The number of hydrogen-bond acceptors (Lipinski definition) is 2. The van der Waals surface area contributed by atoms with Crippen LogP contribution in [0.4, 0.5) is 0 Å². The van der Waals surface area contributed by atoms with Crippen molar-refractivity contribution in [1.82, 2.24) is 0 Å². The van der Waals surface area contributed by atoms with Gasteiger partial charge in [-0.2, -0.15) is 0 Å². The molecule has 0 spiro atoms. The molecule has 1 aliphatic rings. The Balaban J connectivity index is 2.30. The minimum absolute atomic E-state index is 0.0263. The number of rotatable bonds is 1. The molecule has 0 saturated heterocycles. The van der Waals surface area contributed by atoms with E-state index in [9.17, 15) is 4.79 Å². The van der Waals surface area contributed by atoms with Gasteiger partial charge < -0.3 is 4.74 Å². The van der Waals surface area contributed by atoms with Gasteiger partial charge in [-0.1, -0.05) is 68.2 Å². The number of esters is 1. The first kappa shape index (κ1) is 13.4. The molecule has 18 heavy (non-hydrogen) atoms. The van der Waals surface area contributed by atoms with Crippen molar-refractivity contribution in [3.63, 3.8) is 0 Å². The molecule has 0 fully saturated rings. The number of hydrogen-bond donors (Lipinski definition) is 0. The van der Waals surface area contributed by atoms with E-state index in [2.05, 4.69) is 20.8 Å². The maximum atomic E-state index is 11.3. The van der Waals surface area contributed by atoms with Gasteiger partial charge in [0.05, 0.1) is 5.03 Å². The molecule has 96 valence electrons. The number of halogens is 2. The normalized spacial score (nSPS) is 20.3. The first-order valence-corrected chi connectivity index (χ1v) is 6.43. The molecule has 1 aromatic rings. The summed E-state index contributed by atoms with van der Waals surface area (Å²) in [5, 5.41) is 0.228. The Morgan fingerprint density at radius 2 is 1.67 bits per heavy atom. The van der Waals surface area contributed by atoms with E-state index < -0.39 is 12.1 Å². The van der Waals surface area contributed by atoms with Crippen molar-refractivity contribution in [2.75, 3.05) is 0 Å². The van der Waals surface area contributed by atoms with Gasteiger partial charge in [-0.15, -0.1) is 0 Å². The van der Waals surface area contributed by atoms with Gasteiger partial charge in [0, 0.05) is 0 Å². The minimum atomic E-state index is -0.569. The summed E-state index contributed by atoms with van der Waals surface area (Å²) in [6.07, 6.45) is -0.569. The molecule has 0 bridgehead atoms. The highest BCUT2D eigenvalue weighted by Crippen LogP contribution is 2.39. The van der Waals surface area contributed by atoms with E-state index >= 15 is 0 Å². The Bertz CT molecular complexity index is 510. The van der Waals surface area contributed by atoms with E-state index in [1.807, 2.05) is 24.3 Å². The maximum absolute atomic E-state index is 11.3. The predicted octanol–water partition coefficient (Wildman–Crippen LogP) is 4.27. The lowest BCUT2D eigenvalue weighted by molar-refractivity contribution is -0.139. The number of benzene rings is 1. The SMILES string of the molecule is CC(C)(C)c1ccc(C2OC(=O)C(Cl)=C2Cl)cc1. The summed E-state index contributed by atoms with van der Waals surface area (Å²) in [6, 6.07) is 7.85. The Labute approximate surface area is 117 Å². The van der Waals surface area contributed by atoms with E-state index in [1.54, 1.807) is 0 Å². The summed E-state index contributed by atoms with van der Waals surface area (Å²) in [5.41, 5.74) is 2.13. The Morgan fingerprint density at radius 1 is 1.11 bits per heavy atom. The van der Waals surface area contributed by atoms with Crippen LogP contribution in [0.3, 0.4) is 0 Å². The summed E-state index contributed by atoms with van der Waals surface area (Å²) in [7, 11) is 0. The van der Waals surface area contributed by atoms with Crippen LogP contribution in [-0.4, -0.2) is 5.97 Å². The van der Waals surface area contributed by atoms with E-state index in [4.69, 9.17) is 27.9 Å². The van der Waals surface area contributed by atoms with Gasteiger partial charge in [-0.05, 0) is 16.5 Å². The molecule has 4 heteroatoms. The zero-order chi connectivity index (χ0) is 13.5. The standard InChI is InChI=1S/C14H14Cl2O2/c1-14(2,3)9-6-4-8(5-7-9)12-10(15)11(16)13(17)18-12/h4-7,12H,1-3H3. The van der Waals surface area contributed by atoms with Crippen molar-refractivity contribution in [3.05, 3.63) is 45.5 Å². The zero-order valence-corrected chi connectivity index (χ0v) is 12.0. The molecule has 0 N–H and O–H groups in total. The fourth-order valence-corrected chi connectivity index (χ4v) is 2.19. The lowest BCUT2D eigenvalue weighted by Gasteiger charge is -2.20. The smallest absolute Gasteiger partial charge is 0.352 e. The van der Waals surface area contributed by atoms with Gasteiger partial charge in [-0.3, -0.25) is 0 Å². The first-order valence-electron chi connectivity index (χ1n) is 5.67. The van der Waals surface area contributed by atoms with Crippen LogP contribution in [0.15, 0.2) is 34.3 Å². The van der Waals surface area contributed by atoms with Crippen molar-refractivity contribution >= 4 is 29.2 Å². The lowest BCUT2D eigenvalue weighted by Crippen LogP contribution is -2.11. The average molecular weight is 285 g/mol. The summed E-state index contributed by atoms with van der Waals surface area (Å²) < 4.78 is 5.12. The van der Waals surface area contributed by atoms with Gasteiger partial charge in [-0.25, -0.2) is 4.79 Å². The molecule has 1 aromatic carbocycles. The maximum Gasteiger partial charge on any atom is 0.352 e. The number of cyclic esters (lactones) is 1. The third kappa shape index (κ3) is 2.40. The molecule has 1 heterocycles. The average Bonchev–Trinajstić information content (AvgIpc) is 2.56. The molecule has 1 atom stereocenters. The van der Waals surface area contributed by atoms with Crippen molar-refractivity contribution in [2.45, 2.75) is 32.3 Å². The van der Waals surface area contributed by atoms with Gasteiger partial charge in [0.25, 0.3) is 0 Å². The van der Waals surface area contributed by atoms with Crippen LogP contribution < -0.4 is 0 Å². The van der Waals surface area contributed by atoms with Gasteiger partial charge >= 0.3 is 5.97 Å². The summed E-state index contributed by atoms with van der Waals surface area (Å²) in [4.78, 5) is 11.3. The third-order valence-electron chi connectivity index (χ3n) is 2.92. The summed E-state index contributed by atoms with van der Waals surface area (Å²) in [6.45, 7) is 6.42. The molecule has 0 saturated carbocycles. The van der Waals surface area contributed by atoms with E-state index in [0.29, 0.717) is 0 Å². The molecule has 0 aromatic heterocycles. The fourth-order valence-electron chi connectivity index (χ4n) is 1.80. The van der Waals surface area contributed by atoms with Crippen LogP contribution in [0.2, 0.25) is 0 Å². The molecule has 1 aliphatic heterocycles. The highest BCUT2D eigenvalue weighted by molar-refractivity contribution is 6.48. The van der Waals surface area contributed by atoms with E-state index in [0.717, 1.165) is 5.56 Å². The third-order valence-corrected chi connectivity index (χ3v) is 3.77. The zero-order valence-electron chi connectivity index (χ0n) is 10.5. The predicted molar refractivity (Wildman–Crippen MR) is 72.7 cm³/mol. The van der Waals surface area contributed by atoms with Crippen molar-refractivity contribution in [1.29, 1.82) is 0 Å². The topological polar surface area (TPSA) is 26.3 Å².